The Hall–Kier alpha value is -4.90. The number of para-hydroxylation sites is 3. The number of hydrogen-bond acceptors (Lipinski definition) is 2. The molecule has 0 saturated carbocycles. The van der Waals surface area contributed by atoms with Crippen molar-refractivity contribution in [1.29, 1.82) is 0 Å². The Morgan fingerprint density at radius 3 is 2.02 bits per heavy atom. The summed E-state index contributed by atoms with van der Waals surface area (Å²) in [5, 5.41) is 2.40. The molecule has 4 aromatic carbocycles. The van der Waals surface area contributed by atoms with Gasteiger partial charge in [0.1, 0.15) is 23.0 Å². The number of benzene rings is 4. The Morgan fingerprint density at radius 2 is 1.31 bits per heavy atom. The normalized spacial score (nSPS) is 12.8. The Bertz CT molecular complexity index is 2330. The average molecular weight is 636 g/mol. The van der Waals surface area contributed by atoms with E-state index in [1.807, 2.05) is 6.20 Å². The van der Waals surface area contributed by atoms with Crippen LogP contribution >= 0.6 is 0 Å². The standard InChI is InChI=1S/C43H47N4O/c1-41(2,3)28-19-20-44-40(23-28)47-35-16-12-11-15-32(35)33-25-34(43(7,8)9)39(26-38(33)47)48-31-22-29(42(4,5)6)21-30(24-31)46-27-45(10)36-17-13-14-18-37(36)46/h11-27H,1-10H3/q+1. The van der Waals surface area contributed by atoms with Crippen LogP contribution in [0.4, 0.5) is 0 Å². The van der Waals surface area contributed by atoms with E-state index in [2.05, 4.69) is 180 Å². The molecule has 7 rings (SSSR count). The molecule has 5 nitrogen and oxygen atoms in total. The predicted molar refractivity (Wildman–Crippen MR) is 199 cm³/mol. The number of hydrogen-bond donors (Lipinski definition) is 0. The van der Waals surface area contributed by atoms with Gasteiger partial charge in [0.25, 0.3) is 0 Å². The monoisotopic (exact) mass is 635 g/mol. The first kappa shape index (κ1) is 31.7. The second-order valence-corrected chi connectivity index (χ2v) is 16.3. The van der Waals surface area contributed by atoms with E-state index in [9.17, 15) is 0 Å². The number of aryl methyl sites for hydroxylation is 1. The third-order valence-corrected chi connectivity index (χ3v) is 9.50. The second-order valence-electron chi connectivity index (χ2n) is 16.3. The molecule has 3 heterocycles. The van der Waals surface area contributed by atoms with Gasteiger partial charge in [0.05, 0.1) is 18.1 Å². The van der Waals surface area contributed by atoms with Gasteiger partial charge in [0, 0.05) is 34.7 Å². The zero-order valence-corrected chi connectivity index (χ0v) is 30.0. The number of pyridine rings is 1. The Balaban J connectivity index is 1.47. The summed E-state index contributed by atoms with van der Waals surface area (Å²) in [5.41, 5.74) is 9.01. The molecule has 7 aromatic rings. The van der Waals surface area contributed by atoms with Crippen molar-refractivity contribution in [2.24, 2.45) is 7.05 Å². The summed E-state index contributed by atoms with van der Waals surface area (Å²) in [5.74, 6) is 2.58. The third kappa shape index (κ3) is 5.55. The van der Waals surface area contributed by atoms with E-state index in [1.165, 1.54) is 27.4 Å². The van der Waals surface area contributed by atoms with E-state index in [1.54, 1.807) is 0 Å². The van der Waals surface area contributed by atoms with Crippen LogP contribution in [-0.4, -0.2) is 14.1 Å². The number of aromatic nitrogens is 4. The van der Waals surface area contributed by atoms with Crippen molar-refractivity contribution in [2.45, 2.75) is 78.6 Å². The molecule has 0 spiro atoms. The van der Waals surface area contributed by atoms with Crippen LogP contribution in [0.5, 0.6) is 11.5 Å². The predicted octanol–water partition coefficient (Wildman–Crippen LogP) is 10.6. The molecular formula is C43H47N4O+. The Kier molecular flexibility index (Phi) is 7.32. The van der Waals surface area contributed by atoms with Crippen LogP contribution in [0.25, 0.3) is 44.3 Å². The fourth-order valence-electron chi connectivity index (χ4n) is 6.73. The third-order valence-electron chi connectivity index (χ3n) is 9.50. The second kappa shape index (κ2) is 11.1. The SMILES string of the molecule is C[n+]1cn(-c2cc(Oc3cc4c(cc3C(C)(C)C)c3ccccc3n4-c3cc(C(C)(C)C)ccn3)cc(C(C)(C)C)c2)c2ccccc21. The Morgan fingerprint density at radius 1 is 0.625 bits per heavy atom. The molecule has 0 unspecified atom stereocenters. The Labute approximate surface area is 284 Å². The lowest BCUT2D eigenvalue weighted by molar-refractivity contribution is -0.645. The molecule has 0 N–H and O–H groups in total. The molecule has 0 atom stereocenters. The molecule has 0 aliphatic rings. The maximum Gasteiger partial charge on any atom is 0.249 e. The van der Waals surface area contributed by atoms with Gasteiger partial charge in [-0.1, -0.05) is 92.6 Å². The molecule has 244 valence electrons. The van der Waals surface area contributed by atoms with Crippen molar-refractivity contribution in [3.8, 4) is 23.0 Å². The van der Waals surface area contributed by atoms with Crippen LogP contribution in [-0.2, 0) is 23.3 Å². The molecule has 0 fully saturated rings. The molecule has 0 aliphatic carbocycles. The van der Waals surface area contributed by atoms with Gasteiger partial charge in [-0.3, -0.25) is 4.57 Å². The van der Waals surface area contributed by atoms with Crippen molar-refractivity contribution in [3.05, 3.63) is 120 Å². The summed E-state index contributed by atoms with van der Waals surface area (Å²) in [7, 11) is 2.10. The summed E-state index contributed by atoms with van der Waals surface area (Å²) >= 11 is 0. The average Bonchev–Trinajstić information content (AvgIpc) is 3.53. The number of fused-ring (bicyclic) bond motifs is 4. The number of rotatable bonds is 4. The van der Waals surface area contributed by atoms with E-state index >= 15 is 0 Å². The smallest absolute Gasteiger partial charge is 0.249 e. The molecule has 0 amide bonds. The van der Waals surface area contributed by atoms with Gasteiger partial charge in [-0.2, -0.15) is 4.57 Å². The topological polar surface area (TPSA) is 35.9 Å². The van der Waals surface area contributed by atoms with Crippen molar-refractivity contribution >= 4 is 32.8 Å². The van der Waals surface area contributed by atoms with Crippen molar-refractivity contribution < 1.29 is 9.30 Å². The van der Waals surface area contributed by atoms with E-state index in [0.717, 1.165) is 45.1 Å². The molecule has 0 aliphatic heterocycles. The molecule has 0 saturated heterocycles. The minimum absolute atomic E-state index is 0.00198. The highest BCUT2D eigenvalue weighted by Gasteiger charge is 2.26. The number of nitrogens with zero attached hydrogens (tertiary/aromatic N) is 4. The number of imidazole rings is 1. The first-order chi connectivity index (χ1) is 22.6. The van der Waals surface area contributed by atoms with Crippen molar-refractivity contribution in [1.82, 2.24) is 14.1 Å². The van der Waals surface area contributed by atoms with Gasteiger partial charge < -0.3 is 4.74 Å². The lowest BCUT2D eigenvalue weighted by Gasteiger charge is -2.25. The zero-order valence-electron chi connectivity index (χ0n) is 30.0. The van der Waals surface area contributed by atoms with Crippen molar-refractivity contribution in [3.63, 3.8) is 0 Å². The van der Waals surface area contributed by atoms with Crippen LogP contribution in [0.2, 0.25) is 0 Å². The zero-order chi connectivity index (χ0) is 34.2. The fraction of sp³-hybridized carbons (Fsp3) is 0.302. The van der Waals surface area contributed by atoms with Gasteiger partial charge in [-0.15, -0.1) is 0 Å². The van der Waals surface area contributed by atoms with Gasteiger partial charge in [-0.25, -0.2) is 9.55 Å². The van der Waals surface area contributed by atoms with E-state index in [0.29, 0.717) is 0 Å². The molecule has 3 aromatic heterocycles. The van der Waals surface area contributed by atoms with Crippen LogP contribution in [0.3, 0.4) is 0 Å². The molecule has 0 radical (unpaired) electrons. The summed E-state index contributed by atoms with van der Waals surface area (Å²) in [4.78, 5) is 4.91. The van der Waals surface area contributed by atoms with Crippen LogP contribution in [0.15, 0.2) is 104 Å². The quantitative estimate of drug-likeness (QED) is 0.180. The molecular weight excluding hydrogens is 589 g/mol. The van der Waals surface area contributed by atoms with Gasteiger partial charge in [0.15, 0.2) is 11.0 Å². The maximum absolute atomic E-state index is 7.07. The van der Waals surface area contributed by atoms with Crippen LogP contribution in [0, 0.1) is 0 Å². The highest BCUT2D eigenvalue weighted by molar-refractivity contribution is 6.10. The lowest BCUT2D eigenvalue weighted by Crippen LogP contribution is -2.25. The van der Waals surface area contributed by atoms with Gasteiger partial charge >= 0.3 is 0 Å². The molecule has 0 bridgehead atoms. The summed E-state index contributed by atoms with van der Waals surface area (Å²) in [6.07, 6.45) is 4.09. The maximum atomic E-state index is 7.07. The van der Waals surface area contributed by atoms with Gasteiger partial charge in [0.2, 0.25) is 6.33 Å². The molecule has 5 heteroatoms. The lowest BCUT2D eigenvalue weighted by atomic mass is 9.85. The minimum atomic E-state index is -0.161. The van der Waals surface area contributed by atoms with Crippen molar-refractivity contribution in [2.75, 3.05) is 0 Å². The van der Waals surface area contributed by atoms with E-state index in [4.69, 9.17) is 9.72 Å². The minimum Gasteiger partial charge on any atom is -0.457 e. The number of ether oxygens (including phenoxy) is 1. The summed E-state index contributed by atoms with van der Waals surface area (Å²) in [6.45, 7) is 20.3. The fourth-order valence-corrected chi connectivity index (χ4v) is 6.73. The van der Waals surface area contributed by atoms with Crippen LogP contribution < -0.4 is 9.30 Å². The highest BCUT2D eigenvalue weighted by atomic mass is 16.5. The highest BCUT2D eigenvalue weighted by Crippen LogP contribution is 2.43. The first-order valence-electron chi connectivity index (χ1n) is 16.9. The summed E-state index contributed by atoms with van der Waals surface area (Å²) < 4.78 is 13.8. The first-order valence-corrected chi connectivity index (χ1v) is 16.9. The van der Waals surface area contributed by atoms with E-state index in [-0.39, 0.29) is 16.2 Å². The van der Waals surface area contributed by atoms with E-state index < -0.39 is 0 Å². The van der Waals surface area contributed by atoms with Crippen LogP contribution in [0.1, 0.15) is 79.0 Å². The largest absolute Gasteiger partial charge is 0.457 e. The van der Waals surface area contributed by atoms with Gasteiger partial charge in [-0.05, 0) is 75.9 Å². The molecule has 48 heavy (non-hydrogen) atoms. The summed E-state index contributed by atoms with van der Waals surface area (Å²) in [6, 6.07) is 32.7.